The van der Waals surface area contributed by atoms with Crippen molar-refractivity contribution >= 4 is 10.8 Å². The first kappa shape index (κ1) is 14.0. The van der Waals surface area contributed by atoms with E-state index in [1.54, 1.807) is 0 Å². The lowest BCUT2D eigenvalue weighted by Gasteiger charge is -2.23. The summed E-state index contributed by atoms with van der Waals surface area (Å²) in [5, 5.41) is 6.14. The lowest BCUT2D eigenvalue weighted by Crippen LogP contribution is -2.31. The molecule has 0 amide bonds. The number of nitrogens with zero attached hydrogens (tertiary/aromatic N) is 2. The Morgan fingerprint density at radius 2 is 2.00 bits per heavy atom. The Hall–Kier alpha value is -1.45. The zero-order valence-electron chi connectivity index (χ0n) is 12.1. The van der Waals surface area contributed by atoms with Gasteiger partial charge in [0.1, 0.15) is 0 Å². The van der Waals surface area contributed by atoms with Gasteiger partial charge in [0.25, 0.3) is 0 Å². The fourth-order valence-electron chi connectivity index (χ4n) is 2.37. The number of rotatable bonds is 6. The van der Waals surface area contributed by atoms with Gasteiger partial charge in [0.15, 0.2) is 0 Å². The molecule has 1 heterocycles. The maximum absolute atomic E-state index is 4.39. The predicted octanol–water partition coefficient (Wildman–Crippen LogP) is 2.84. The van der Waals surface area contributed by atoms with Crippen LogP contribution >= 0.6 is 0 Å². The number of hydrogen-bond donors (Lipinski definition) is 1. The van der Waals surface area contributed by atoms with Gasteiger partial charge in [0.2, 0.25) is 0 Å². The summed E-state index contributed by atoms with van der Waals surface area (Å²) in [4.78, 5) is 6.61. The summed E-state index contributed by atoms with van der Waals surface area (Å²) >= 11 is 0. The molecule has 0 fully saturated rings. The maximum Gasteiger partial charge on any atom is 0.0470 e. The molecule has 2 aromatic rings. The van der Waals surface area contributed by atoms with Crippen molar-refractivity contribution in [2.75, 3.05) is 27.2 Å². The normalized spacial score (nSPS) is 13.1. The summed E-state index contributed by atoms with van der Waals surface area (Å²) in [5.41, 5.74) is 1.29. The topological polar surface area (TPSA) is 28.2 Å². The molecule has 1 aromatic heterocycles. The van der Waals surface area contributed by atoms with E-state index in [0.717, 1.165) is 19.5 Å². The van der Waals surface area contributed by atoms with Gasteiger partial charge < -0.3 is 10.2 Å². The van der Waals surface area contributed by atoms with Gasteiger partial charge in [-0.3, -0.25) is 4.98 Å². The Kier molecular flexibility index (Phi) is 4.88. The smallest absolute Gasteiger partial charge is 0.0470 e. The first-order valence-electron chi connectivity index (χ1n) is 6.93. The van der Waals surface area contributed by atoms with Crippen LogP contribution in [0, 0.1) is 0 Å². The number of pyridine rings is 1. The SMILES string of the molecule is CCCNC(CN(C)C)c1cncc2ccccc12. The van der Waals surface area contributed by atoms with E-state index in [1.807, 2.05) is 12.4 Å². The van der Waals surface area contributed by atoms with Gasteiger partial charge >= 0.3 is 0 Å². The molecule has 0 aliphatic rings. The molecule has 19 heavy (non-hydrogen) atoms. The highest BCUT2D eigenvalue weighted by molar-refractivity contribution is 5.85. The fraction of sp³-hybridized carbons (Fsp3) is 0.438. The number of fused-ring (bicyclic) bond motifs is 1. The third kappa shape index (κ3) is 3.52. The molecule has 1 aromatic carbocycles. The van der Waals surface area contributed by atoms with Crippen molar-refractivity contribution in [2.45, 2.75) is 19.4 Å². The van der Waals surface area contributed by atoms with Gasteiger partial charge in [0, 0.05) is 30.4 Å². The monoisotopic (exact) mass is 257 g/mol. The van der Waals surface area contributed by atoms with Crippen molar-refractivity contribution < 1.29 is 0 Å². The number of aromatic nitrogens is 1. The minimum Gasteiger partial charge on any atom is -0.309 e. The highest BCUT2D eigenvalue weighted by Crippen LogP contribution is 2.23. The molecule has 3 nitrogen and oxygen atoms in total. The van der Waals surface area contributed by atoms with Crippen LogP contribution in [-0.4, -0.2) is 37.1 Å². The molecule has 0 saturated carbocycles. The number of hydrogen-bond acceptors (Lipinski definition) is 3. The summed E-state index contributed by atoms with van der Waals surface area (Å²) in [6.07, 6.45) is 5.08. The Balaban J connectivity index is 2.37. The van der Waals surface area contributed by atoms with Crippen molar-refractivity contribution in [2.24, 2.45) is 0 Å². The van der Waals surface area contributed by atoms with Crippen molar-refractivity contribution in [3.63, 3.8) is 0 Å². The van der Waals surface area contributed by atoms with Gasteiger partial charge in [-0.2, -0.15) is 0 Å². The number of benzene rings is 1. The molecular formula is C16H23N3. The van der Waals surface area contributed by atoms with E-state index in [1.165, 1.54) is 16.3 Å². The molecule has 2 rings (SSSR count). The van der Waals surface area contributed by atoms with Crippen molar-refractivity contribution in [3.05, 3.63) is 42.2 Å². The molecular weight excluding hydrogens is 234 g/mol. The largest absolute Gasteiger partial charge is 0.309 e. The Labute approximate surface area is 115 Å². The van der Waals surface area contributed by atoms with Crippen molar-refractivity contribution in [1.82, 2.24) is 15.2 Å². The van der Waals surface area contributed by atoms with E-state index in [4.69, 9.17) is 0 Å². The third-order valence-electron chi connectivity index (χ3n) is 3.26. The molecule has 0 aliphatic carbocycles. The Morgan fingerprint density at radius 3 is 2.74 bits per heavy atom. The molecule has 0 spiro atoms. The quantitative estimate of drug-likeness (QED) is 0.862. The first-order valence-corrected chi connectivity index (χ1v) is 6.93. The van der Waals surface area contributed by atoms with Crippen LogP contribution in [0.5, 0.6) is 0 Å². The summed E-state index contributed by atoms with van der Waals surface area (Å²) in [6, 6.07) is 8.79. The van der Waals surface area contributed by atoms with Gasteiger partial charge in [-0.05, 0) is 38.0 Å². The number of nitrogens with one attached hydrogen (secondary N) is 1. The molecule has 0 radical (unpaired) electrons. The van der Waals surface area contributed by atoms with Crippen LogP contribution in [0.3, 0.4) is 0 Å². The fourth-order valence-corrected chi connectivity index (χ4v) is 2.37. The molecule has 0 bridgehead atoms. The zero-order chi connectivity index (χ0) is 13.7. The van der Waals surface area contributed by atoms with Crippen LogP contribution in [0.2, 0.25) is 0 Å². The van der Waals surface area contributed by atoms with Crippen LogP contribution in [0.25, 0.3) is 10.8 Å². The predicted molar refractivity (Wildman–Crippen MR) is 81.3 cm³/mol. The minimum atomic E-state index is 0.327. The van der Waals surface area contributed by atoms with Crippen LogP contribution < -0.4 is 5.32 Å². The molecule has 1 atom stereocenters. The van der Waals surface area contributed by atoms with E-state index in [0.29, 0.717) is 6.04 Å². The summed E-state index contributed by atoms with van der Waals surface area (Å²) in [5.74, 6) is 0. The molecule has 3 heteroatoms. The van der Waals surface area contributed by atoms with Gasteiger partial charge in [-0.1, -0.05) is 31.2 Å². The minimum absolute atomic E-state index is 0.327. The molecule has 1 N–H and O–H groups in total. The lowest BCUT2D eigenvalue weighted by atomic mass is 10.0. The maximum atomic E-state index is 4.39. The molecule has 0 aliphatic heterocycles. The van der Waals surface area contributed by atoms with Crippen LogP contribution in [0.15, 0.2) is 36.7 Å². The highest BCUT2D eigenvalue weighted by atomic mass is 15.1. The van der Waals surface area contributed by atoms with Crippen LogP contribution in [-0.2, 0) is 0 Å². The second-order valence-electron chi connectivity index (χ2n) is 5.22. The van der Waals surface area contributed by atoms with E-state index in [-0.39, 0.29) is 0 Å². The summed E-state index contributed by atoms with van der Waals surface area (Å²) in [7, 11) is 4.22. The first-order chi connectivity index (χ1) is 9.22. The third-order valence-corrected chi connectivity index (χ3v) is 3.26. The van der Waals surface area contributed by atoms with Gasteiger partial charge in [-0.15, -0.1) is 0 Å². The van der Waals surface area contributed by atoms with Crippen LogP contribution in [0.4, 0.5) is 0 Å². The molecule has 0 saturated heterocycles. The highest BCUT2D eigenvalue weighted by Gasteiger charge is 2.14. The molecule has 102 valence electrons. The standard InChI is InChI=1S/C16H23N3/c1-4-9-18-16(12-19(2)3)15-11-17-10-13-7-5-6-8-14(13)15/h5-8,10-11,16,18H,4,9,12H2,1-3H3. The van der Waals surface area contributed by atoms with E-state index >= 15 is 0 Å². The van der Waals surface area contributed by atoms with Crippen molar-refractivity contribution in [3.8, 4) is 0 Å². The molecule has 1 unspecified atom stereocenters. The van der Waals surface area contributed by atoms with Gasteiger partial charge in [-0.25, -0.2) is 0 Å². The van der Waals surface area contributed by atoms with Crippen LogP contribution in [0.1, 0.15) is 24.9 Å². The average Bonchev–Trinajstić information content (AvgIpc) is 2.42. The summed E-state index contributed by atoms with van der Waals surface area (Å²) < 4.78 is 0. The zero-order valence-corrected chi connectivity index (χ0v) is 12.1. The van der Waals surface area contributed by atoms with E-state index < -0.39 is 0 Å². The van der Waals surface area contributed by atoms with E-state index in [9.17, 15) is 0 Å². The second kappa shape index (κ2) is 6.64. The summed E-state index contributed by atoms with van der Waals surface area (Å²) in [6.45, 7) is 4.21. The van der Waals surface area contributed by atoms with E-state index in [2.05, 4.69) is 60.5 Å². The Morgan fingerprint density at radius 1 is 1.21 bits per heavy atom. The van der Waals surface area contributed by atoms with Gasteiger partial charge in [0.05, 0.1) is 0 Å². The second-order valence-corrected chi connectivity index (χ2v) is 5.22. The Bertz CT molecular complexity index is 517. The lowest BCUT2D eigenvalue weighted by molar-refractivity contribution is 0.343. The average molecular weight is 257 g/mol. The number of likely N-dealkylation sites (N-methyl/N-ethyl adjacent to an activating group) is 1. The van der Waals surface area contributed by atoms with Crippen molar-refractivity contribution in [1.29, 1.82) is 0 Å².